The fourth-order valence-electron chi connectivity index (χ4n) is 3.99. The molecule has 0 aliphatic carbocycles. The van der Waals surface area contributed by atoms with Crippen LogP contribution in [-0.2, 0) is 6.54 Å². The molecule has 0 radical (unpaired) electrons. The summed E-state index contributed by atoms with van der Waals surface area (Å²) in [5, 5.41) is 13.1. The number of carbonyl (C=O) groups excluding carboxylic acids is 1. The Bertz CT molecular complexity index is 1010. The second-order valence-electron chi connectivity index (χ2n) is 7.85. The molecule has 1 aromatic carbocycles. The molecule has 4 rings (SSSR count). The molecular formula is C23H28N6O. The van der Waals surface area contributed by atoms with Crippen LogP contribution in [0, 0.1) is 20.8 Å². The molecule has 3 heterocycles. The molecule has 0 saturated carbocycles. The van der Waals surface area contributed by atoms with Crippen molar-refractivity contribution in [3.8, 4) is 0 Å². The van der Waals surface area contributed by atoms with E-state index in [1.54, 1.807) is 0 Å². The van der Waals surface area contributed by atoms with Gasteiger partial charge in [0.2, 0.25) is 0 Å². The average Bonchev–Trinajstić information content (AvgIpc) is 2.91. The van der Waals surface area contributed by atoms with Crippen LogP contribution in [0.4, 0.5) is 5.82 Å². The zero-order valence-electron chi connectivity index (χ0n) is 17.9. The second-order valence-corrected chi connectivity index (χ2v) is 7.85. The molecule has 1 aliphatic rings. The molecule has 1 saturated heterocycles. The molecule has 0 spiro atoms. The first-order valence-corrected chi connectivity index (χ1v) is 10.5. The molecule has 3 aromatic rings. The van der Waals surface area contributed by atoms with Crippen LogP contribution in [0.25, 0.3) is 0 Å². The van der Waals surface area contributed by atoms with Crippen LogP contribution in [0.3, 0.4) is 0 Å². The maximum Gasteiger partial charge on any atom is 0.257 e. The molecule has 1 aliphatic heterocycles. The van der Waals surface area contributed by atoms with Crippen molar-refractivity contribution >= 4 is 11.7 Å². The van der Waals surface area contributed by atoms with Gasteiger partial charge in [-0.25, -0.2) is 0 Å². The molecule has 7 nitrogen and oxygen atoms in total. The van der Waals surface area contributed by atoms with Crippen LogP contribution in [0.1, 0.15) is 39.4 Å². The van der Waals surface area contributed by atoms with Crippen molar-refractivity contribution in [1.82, 2.24) is 24.9 Å². The lowest BCUT2D eigenvalue weighted by atomic mass is 10.1. The van der Waals surface area contributed by atoms with Crippen LogP contribution < -0.4 is 4.90 Å². The fraction of sp³-hybridized carbons (Fsp3) is 0.391. The van der Waals surface area contributed by atoms with E-state index < -0.39 is 0 Å². The summed E-state index contributed by atoms with van der Waals surface area (Å²) < 4.78 is 1.93. The summed E-state index contributed by atoms with van der Waals surface area (Å²) in [5.41, 5.74) is 4.52. The standard InChI is InChI=1S/C23H28N6O/c1-17-10-11-21(25-24-17)27-12-7-13-28(15-14-27)23(30)22-18(2)26-29(19(22)3)16-20-8-5-4-6-9-20/h4-6,8-11H,7,12-16H2,1-3H3. The van der Waals surface area contributed by atoms with E-state index in [2.05, 4.69) is 32.3 Å². The summed E-state index contributed by atoms with van der Waals surface area (Å²) in [6.07, 6.45) is 0.900. The first-order chi connectivity index (χ1) is 14.5. The Kier molecular flexibility index (Phi) is 5.79. The second kappa shape index (κ2) is 8.65. The predicted octanol–water partition coefficient (Wildman–Crippen LogP) is 3.00. The zero-order valence-corrected chi connectivity index (χ0v) is 17.9. The van der Waals surface area contributed by atoms with Gasteiger partial charge in [-0.05, 0) is 44.9 Å². The van der Waals surface area contributed by atoms with Crippen molar-refractivity contribution in [2.75, 3.05) is 31.1 Å². The van der Waals surface area contributed by atoms with Crippen molar-refractivity contribution in [3.05, 3.63) is 70.7 Å². The highest BCUT2D eigenvalue weighted by molar-refractivity contribution is 5.96. The third kappa shape index (κ3) is 4.20. The highest BCUT2D eigenvalue weighted by Crippen LogP contribution is 2.19. The maximum atomic E-state index is 13.4. The van der Waals surface area contributed by atoms with Crippen LogP contribution in [0.5, 0.6) is 0 Å². The number of hydrogen-bond acceptors (Lipinski definition) is 5. The maximum absolute atomic E-state index is 13.4. The van der Waals surface area contributed by atoms with E-state index in [0.717, 1.165) is 54.5 Å². The van der Waals surface area contributed by atoms with Gasteiger partial charge in [0.25, 0.3) is 5.91 Å². The smallest absolute Gasteiger partial charge is 0.257 e. The lowest BCUT2D eigenvalue weighted by molar-refractivity contribution is 0.0765. The Balaban J connectivity index is 1.48. The van der Waals surface area contributed by atoms with Crippen LogP contribution in [0.15, 0.2) is 42.5 Å². The van der Waals surface area contributed by atoms with Gasteiger partial charge in [-0.3, -0.25) is 9.48 Å². The minimum absolute atomic E-state index is 0.0705. The van der Waals surface area contributed by atoms with E-state index in [4.69, 9.17) is 0 Å². The van der Waals surface area contributed by atoms with E-state index in [1.165, 1.54) is 5.56 Å². The van der Waals surface area contributed by atoms with Crippen LogP contribution >= 0.6 is 0 Å². The van der Waals surface area contributed by atoms with E-state index in [0.29, 0.717) is 13.1 Å². The molecule has 1 amide bonds. The molecule has 7 heteroatoms. The number of amides is 1. The first kappa shape index (κ1) is 20.1. The topological polar surface area (TPSA) is 67.2 Å². The van der Waals surface area contributed by atoms with E-state index >= 15 is 0 Å². The third-order valence-electron chi connectivity index (χ3n) is 5.66. The molecule has 1 fully saturated rings. The number of rotatable bonds is 4. The van der Waals surface area contributed by atoms with Crippen LogP contribution in [0.2, 0.25) is 0 Å². The van der Waals surface area contributed by atoms with Gasteiger partial charge in [0.1, 0.15) is 0 Å². The Labute approximate surface area is 177 Å². The monoisotopic (exact) mass is 404 g/mol. The Morgan fingerprint density at radius 1 is 0.933 bits per heavy atom. The molecule has 0 bridgehead atoms. The highest BCUT2D eigenvalue weighted by atomic mass is 16.2. The van der Waals surface area contributed by atoms with E-state index in [-0.39, 0.29) is 5.91 Å². The molecule has 0 N–H and O–H groups in total. The largest absolute Gasteiger partial charge is 0.353 e. The lowest BCUT2D eigenvalue weighted by Crippen LogP contribution is -2.36. The predicted molar refractivity (Wildman–Crippen MR) is 117 cm³/mol. The van der Waals surface area contributed by atoms with Crippen molar-refractivity contribution in [3.63, 3.8) is 0 Å². The molecule has 2 aromatic heterocycles. The van der Waals surface area contributed by atoms with E-state index in [9.17, 15) is 4.79 Å². The van der Waals surface area contributed by atoms with Gasteiger partial charge in [-0.2, -0.15) is 10.2 Å². The average molecular weight is 405 g/mol. The molecule has 0 unspecified atom stereocenters. The van der Waals surface area contributed by atoms with Gasteiger partial charge < -0.3 is 9.80 Å². The number of hydrogen-bond donors (Lipinski definition) is 0. The highest BCUT2D eigenvalue weighted by Gasteiger charge is 2.26. The van der Waals surface area contributed by atoms with Crippen molar-refractivity contribution in [2.24, 2.45) is 0 Å². The number of anilines is 1. The van der Waals surface area contributed by atoms with Gasteiger partial charge in [0, 0.05) is 31.9 Å². The number of aromatic nitrogens is 4. The van der Waals surface area contributed by atoms with Gasteiger partial charge in [-0.15, -0.1) is 5.10 Å². The van der Waals surface area contributed by atoms with Gasteiger partial charge >= 0.3 is 0 Å². The Morgan fingerprint density at radius 2 is 1.73 bits per heavy atom. The molecular weight excluding hydrogens is 376 g/mol. The normalized spacial score (nSPS) is 14.6. The van der Waals surface area contributed by atoms with Crippen molar-refractivity contribution in [2.45, 2.75) is 33.7 Å². The quantitative estimate of drug-likeness (QED) is 0.669. The number of benzene rings is 1. The summed E-state index contributed by atoms with van der Waals surface area (Å²) in [6, 6.07) is 14.2. The number of aryl methyl sites for hydroxylation is 2. The summed E-state index contributed by atoms with van der Waals surface area (Å²) >= 11 is 0. The minimum Gasteiger partial charge on any atom is -0.353 e. The zero-order chi connectivity index (χ0) is 21.1. The summed E-state index contributed by atoms with van der Waals surface area (Å²) in [5.74, 6) is 0.944. The lowest BCUT2D eigenvalue weighted by Gasteiger charge is -2.22. The summed E-state index contributed by atoms with van der Waals surface area (Å²) in [7, 11) is 0. The number of carbonyl (C=O) groups is 1. The van der Waals surface area contributed by atoms with Crippen molar-refractivity contribution in [1.29, 1.82) is 0 Å². The van der Waals surface area contributed by atoms with Gasteiger partial charge in [0.05, 0.1) is 23.5 Å². The summed E-state index contributed by atoms with van der Waals surface area (Å²) in [4.78, 5) is 17.5. The number of nitrogens with zero attached hydrogens (tertiary/aromatic N) is 6. The van der Waals surface area contributed by atoms with E-state index in [1.807, 2.05) is 60.7 Å². The Hall–Kier alpha value is -3.22. The first-order valence-electron chi connectivity index (χ1n) is 10.5. The third-order valence-corrected chi connectivity index (χ3v) is 5.66. The molecule has 156 valence electrons. The summed E-state index contributed by atoms with van der Waals surface area (Å²) in [6.45, 7) is 9.53. The van der Waals surface area contributed by atoms with Gasteiger partial charge in [0.15, 0.2) is 5.82 Å². The molecule has 0 atom stereocenters. The Morgan fingerprint density at radius 3 is 2.47 bits per heavy atom. The molecule has 30 heavy (non-hydrogen) atoms. The van der Waals surface area contributed by atoms with Crippen LogP contribution in [-0.4, -0.2) is 57.0 Å². The van der Waals surface area contributed by atoms with Crippen molar-refractivity contribution < 1.29 is 4.79 Å². The van der Waals surface area contributed by atoms with Gasteiger partial charge in [-0.1, -0.05) is 30.3 Å². The fourth-order valence-corrected chi connectivity index (χ4v) is 3.99. The SMILES string of the molecule is Cc1ccc(N2CCCN(C(=O)c3c(C)nn(Cc4ccccc4)c3C)CC2)nn1. The minimum atomic E-state index is 0.0705.